The van der Waals surface area contributed by atoms with Crippen molar-refractivity contribution in [3.05, 3.63) is 23.8 Å². The van der Waals surface area contributed by atoms with Crippen molar-refractivity contribution >= 4 is 20.2 Å². The van der Waals surface area contributed by atoms with Crippen molar-refractivity contribution in [2.75, 3.05) is 14.2 Å². The first-order valence-corrected chi connectivity index (χ1v) is 9.54. The first kappa shape index (κ1) is 22.1. The number of ether oxygens (including phenoxy) is 3. The van der Waals surface area contributed by atoms with Crippen LogP contribution in [0.1, 0.15) is 56.8 Å². The molecule has 26 heavy (non-hydrogen) atoms. The molecule has 6 nitrogen and oxygen atoms in total. The second-order valence-electron chi connectivity index (χ2n) is 6.05. The smallest absolute Gasteiger partial charge is 0.332 e. The first-order chi connectivity index (χ1) is 12.4. The summed E-state index contributed by atoms with van der Waals surface area (Å²) in [5, 5.41) is -1.82. The Morgan fingerprint density at radius 3 is 2.15 bits per heavy atom. The Bertz CT molecular complexity index is 623. The van der Waals surface area contributed by atoms with Gasteiger partial charge in [-0.25, -0.2) is 0 Å². The number of esters is 1. The summed E-state index contributed by atoms with van der Waals surface area (Å²) < 4.78 is 28.1. The molecule has 0 radical (unpaired) electrons. The van der Waals surface area contributed by atoms with Crippen molar-refractivity contribution < 1.29 is 28.4 Å². The summed E-state index contributed by atoms with van der Waals surface area (Å²) in [7, 11) is 2.24. The zero-order chi connectivity index (χ0) is 19.7. The number of Topliss-reactive ketones (excluding diaryl/α,β-unsaturated/α-hetero) is 1. The van der Waals surface area contributed by atoms with Crippen LogP contribution in [0.3, 0.4) is 0 Å². The van der Waals surface area contributed by atoms with Crippen molar-refractivity contribution in [2.45, 2.75) is 57.7 Å². The summed E-state index contributed by atoms with van der Waals surface area (Å²) in [6.07, 6.45) is 1.62. The minimum atomic E-state index is -1.82. The van der Waals surface area contributed by atoms with E-state index in [0.717, 1.165) is 6.42 Å². The minimum Gasteiger partial charge on any atom is -0.496 e. The van der Waals surface area contributed by atoms with Gasteiger partial charge in [0.1, 0.15) is 17.1 Å². The fourth-order valence-electron chi connectivity index (χ4n) is 2.51. The van der Waals surface area contributed by atoms with Crippen LogP contribution in [0.4, 0.5) is 0 Å². The van der Waals surface area contributed by atoms with E-state index in [4.69, 9.17) is 14.2 Å². The number of carbonyl (C=O) groups is 2. The van der Waals surface area contributed by atoms with Gasteiger partial charge in [-0.1, -0.05) is 32.8 Å². The summed E-state index contributed by atoms with van der Waals surface area (Å²) in [5.74, 6) is -0.884. The molecule has 0 saturated carbocycles. The Hall–Kier alpha value is -1.94. The molecule has 2 atom stereocenters. The highest BCUT2D eigenvalue weighted by molar-refractivity contribution is 7.30. The van der Waals surface area contributed by atoms with E-state index in [2.05, 4.69) is 0 Å². The molecule has 1 aromatic rings. The van der Waals surface area contributed by atoms with Gasteiger partial charge in [0, 0.05) is 0 Å². The Kier molecular flexibility index (Phi) is 8.73. The van der Waals surface area contributed by atoms with Gasteiger partial charge < -0.3 is 14.2 Å². The molecule has 0 spiro atoms. The molecule has 0 bridgehead atoms. The number of carbonyl (C=O) groups excluding carboxylic acids is 2. The molecule has 0 amide bonds. The molecule has 1 aromatic carbocycles. The van der Waals surface area contributed by atoms with Crippen LogP contribution in [-0.2, 0) is 14.1 Å². The molecule has 144 valence electrons. The molecule has 0 saturated heterocycles. The summed E-state index contributed by atoms with van der Waals surface area (Å²) in [6.45, 7) is 5.53. The molecule has 0 heterocycles. The van der Waals surface area contributed by atoms with Gasteiger partial charge in [0.2, 0.25) is 5.16 Å². The van der Waals surface area contributed by atoms with E-state index in [1.807, 2.05) is 13.8 Å². The lowest BCUT2D eigenvalue weighted by atomic mass is 9.90. The maximum absolute atomic E-state index is 13.4. The quantitative estimate of drug-likeness (QED) is 0.243. The third-order valence-electron chi connectivity index (χ3n) is 4.30. The van der Waals surface area contributed by atoms with E-state index in [1.54, 1.807) is 25.1 Å². The Morgan fingerprint density at radius 2 is 1.73 bits per heavy atom. The second kappa shape index (κ2) is 10.3. The number of hydrogen-bond acceptors (Lipinski definition) is 6. The lowest BCUT2D eigenvalue weighted by molar-refractivity contribution is -0.150. The molecule has 0 aliphatic heterocycles. The van der Waals surface area contributed by atoms with E-state index in [-0.39, 0.29) is 29.6 Å². The van der Waals surface area contributed by atoms with Crippen molar-refractivity contribution in [3.8, 4) is 11.5 Å². The first-order valence-electron chi connectivity index (χ1n) is 8.73. The fraction of sp³-hybridized carbons (Fsp3) is 0.579. The van der Waals surface area contributed by atoms with Crippen LogP contribution in [0, 0.1) is 0 Å². The molecular weight excluding hydrogens is 355 g/mol. The predicted octanol–water partition coefficient (Wildman–Crippen LogP) is 4.45. The SMILES string of the molecule is CCCCC(P=O)(C(=O)OC(C)CC)C(=O)c1c(OC)cccc1OC. The molecule has 7 heteroatoms. The normalized spacial score (nSPS) is 14.3. The van der Waals surface area contributed by atoms with Crippen LogP contribution in [0.5, 0.6) is 11.5 Å². The molecule has 1 rings (SSSR count). The molecule has 0 aliphatic carbocycles. The number of unbranched alkanes of at least 4 members (excludes halogenated alkanes) is 1. The standard InChI is InChI=1S/C19H27O6P/c1-6-8-12-19(26-22,18(21)25-13(3)7-2)17(20)16-14(23-4)10-9-11-15(16)24-5/h9-11,13H,6-8,12H2,1-5H3. The van der Waals surface area contributed by atoms with E-state index in [9.17, 15) is 14.2 Å². The summed E-state index contributed by atoms with van der Waals surface area (Å²) in [5.41, 5.74) is 0.0954. The summed E-state index contributed by atoms with van der Waals surface area (Å²) in [4.78, 5) is 26.3. The predicted molar refractivity (Wildman–Crippen MR) is 99.6 cm³/mol. The van der Waals surface area contributed by atoms with Crippen LogP contribution in [-0.4, -0.2) is 37.2 Å². The lowest BCUT2D eigenvalue weighted by Crippen LogP contribution is -2.44. The second-order valence-corrected chi connectivity index (χ2v) is 6.99. The van der Waals surface area contributed by atoms with Gasteiger partial charge in [-0.05, 0) is 31.9 Å². The zero-order valence-corrected chi connectivity index (χ0v) is 16.9. The monoisotopic (exact) mass is 382 g/mol. The zero-order valence-electron chi connectivity index (χ0n) is 16.0. The van der Waals surface area contributed by atoms with Crippen LogP contribution < -0.4 is 9.47 Å². The van der Waals surface area contributed by atoms with Gasteiger partial charge in [-0.2, -0.15) is 0 Å². The maximum atomic E-state index is 13.4. The van der Waals surface area contributed by atoms with Crippen molar-refractivity contribution in [3.63, 3.8) is 0 Å². The van der Waals surface area contributed by atoms with Gasteiger partial charge in [-0.3, -0.25) is 14.2 Å². The van der Waals surface area contributed by atoms with Gasteiger partial charge in [0.15, 0.2) is 14.2 Å². The Labute approximate surface area is 156 Å². The molecular formula is C19H27O6P. The summed E-state index contributed by atoms with van der Waals surface area (Å²) >= 11 is 0. The van der Waals surface area contributed by atoms with Crippen LogP contribution in [0.15, 0.2) is 18.2 Å². The van der Waals surface area contributed by atoms with Crippen molar-refractivity contribution in [2.24, 2.45) is 0 Å². The fourth-order valence-corrected chi connectivity index (χ4v) is 3.08. The maximum Gasteiger partial charge on any atom is 0.332 e. The highest BCUT2D eigenvalue weighted by Crippen LogP contribution is 2.40. The van der Waals surface area contributed by atoms with E-state index < -0.39 is 25.4 Å². The lowest BCUT2D eigenvalue weighted by Gasteiger charge is -2.26. The highest BCUT2D eigenvalue weighted by Gasteiger charge is 2.50. The third kappa shape index (κ3) is 4.61. The number of methoxy groups -OCH3 is 2. The molecule has 2 unspecified atom stereocenters. The number of benzene rings is 1. The molecule has 0 aromatic heterocycles. The van der Waals surface area contributed by atoms with Crippen molar-refractivity contribution in [1.29, 1.82) is 0 Å². The Balaban J connectivity index is 3.50. The number of rotatable bonds is 11. The number of hydrogen-bond donors (Lipinski definition) is 0. The average molecular weight is 382 g/mol. The van der Waals surface area contributed by atoms with Gasteiger partial charge in [0.25, 0.3) is 0 Å². The van der Waals surface area contributed by atoms with Crippen molar-refractivity contribution in [1.82, 2.24) is 0 Å². The molecule has 0 N–H and O–H groups in total. The van der Waals surface area contributed by atoms with Gasteiger partial charge in [0.05, 0.1) is 20.3 Å². The minimum absolute atomic E-state index is 0.0954. The van der Waals surface area contributed by atoms with Crippen LogP contribution in [0.2, 0.25) is 0 Å². The largest absolute Gasteiger partial charge is 0.496 e. The third-order valence-corrected chi connectivity index (χ3v) is 5.22. The molecule has 0 aliphatic rings. The van der Waals surface area contributed by atoms with Gasteiger partial charge in [-0.15, -0.1) is 0 Å². The highest BCUT2D eigenvalue weighted by atomic mass is 31.1. The summed E-state index contributed by atoms with van der Waals surface area (Å²) in [6, 6.07) is 4.87. The van der Waals surface area contributed by atoms with E-state index >= 15 is 0 Å². The average Bonchev–Trinajstić information content (AvgIpc) is 2.67. The van der Waals surface area contributed by atoms with Gasteiger partial charge >= 0.3 is 5.97 Å². The van der Waals surface area contributed by atoms with E-state index in [1.165, 1.54) is 14.2 Å². The topological polar surface area (TPSA) is 78.9 Å². The van der Waals surface area contributed by atoms with Crippen LogP contribution >= 0.6 is 8.46 Å². The Morgan fingerprint density at radius 1 is 1.15 bits per heavy atom. The molecule has 0 fully saturated rings. The van der Waals surface area contributed by atoms with E-state index in [0.29, 0.717) is 12.8 Å². The number of ketones is 1. The van der Waals surface area contributed by atoms with Crippen LogP contribution in [0.25, 0.3) is 0 Å².